The number of anilines is 1. The Morgan fingerprint density at radius 3 is 2.57 bits per heavy atom. The molecule has 112 valence electrons. The number of hydrogen-bond donors (Lipinski definition) is 1. The second-order valence-corrected chi connectivity index (χ2v) is 5.88. The number of piperidine rings is 1. The predicted molar refractivity (Wildman–Crippen MR) is 87.2 cm³/mol. The lowest BCUT2D eigenvalue weighted by Gasteiger charge is -2.32. The van der Waals surface area contributed by atoms with Crippen LogP contribution in [0.5, 0.6) is 0 Å². The maximum Gasteiger partial charge on any atom is 0.210 e. The van der Waals surface area contributed by atoms with Gasteiger partial charge in [0.2, 0.25) is 5.95 Å². The first-order chi connectivity index (χ1) is 10.3. The molecule has 1 fully saturated rings. The molecular weight excluding hydrogens is 260 g/mol. The highest BCUT2D eigenvalue weighted by atomic mass is 15.3. The molecule has 1 aliphatic rings. The highest BCUT2D eigenvalue weighted by Gasteiger charge is 2.22. The van der Waals surface area contributed by atoms with Crippen LogP contribution in [0, 0.1) is 12.8 Å². The number of imidazole rings is 1. The molecule has 1 aromatic heterocycles. The number of benzene rings is 1. The van der Waals surface area contributed by atoms with E-state index in [2.05, 4.69) is 58.2 Å². The average Bonchev–Trinajstić information content (AvgIpc) is 2.91. The third kappa shape index (κ3) is 3.10. The molecule has 0 saturated carbocycles. The number of nitrogens with one attached hydrogen (secondary N) is 1. The van der Waals surface area contributed by atoms with Crippen molar-refractivity contribution >= 4 is 5.95 Å². The number of nitrogens with zero attached hydrogens (tertiary/aromatic N) is 3. The van der Waals surface area contributed by atoms with Gasteiger partial charge in [-0.1, -0.05) is 18.2 Å². The number of para-hydroxylation sites is 1. The SMILES string of the molecule is CNCC1CCN(c2nc(C)cn2-c2ccccc2)CC1. The molecule has 2 aromatic rings. The normalized spacial score (nSPS) is 16.4. The minimum absolute atomic E-state index is 0.799. The molecule has 0 amide bonds. The van der Waals surface area contributed by atoms with Gasteiger partial charge in [0.1, 0.15) is 0 Å². The van der Waals surface area contributed by atoms with E-state index in [4.69, 9.17) is 4.98 Å². The summed E-state index contributed by atoms with van der Waals surface area (Å²) in [6, 6.07) is 10.5. The van der Waals surface area contributed by atoms with Crippen molar-refractivity contribution in [2.45, 2.75) is 19.8 Å². The summed E-state index contributed by atoms with van der Waals surface area (Å²) in [7, 11) is 2.04. The summed E-state index contributed by atoms with van der Waals surface area (Å²) in [6.07, 6.45) is 4.60. The Balaban J connectivity index is 1.80. The molecule has 0 bridgehead atoms. The first-order valence-corrected chi connectivity index (χ1v) is 7.79. The molecule has 1 saturated heterocycles. The molecule has 0 radical (unpaired) electrons. The van der Waals surface area contributed by atoms with Crippen molar-refractivity contribution in [3.8, 4) is 5.69 Å². The molecular formula is C17H24N4. The first-order valence-electron chi connectivity index (χ1n) is 7.79. The zero-order valence-corrected chi connectivity index (χ0v) is 12.9. The zero-order valence-electron chi connectivity index (χ0n) is 12.9. The van der Waals surface area contributed by atoms with Crippen LogP contribution in [0.15, 0.2) is 36.5 Å². The van der Waals surface area contributed by atoms with Crippen LogP contribution in [0.1, 0.15) is 18.5 Å². The van der Waals surface area contributed by atoms with Gasteiger partial charge in [-0.3, -0.25) is 4.57 Å². The molecule has 4 heteroatoms. The van der Waals surface area contributed by atoms with Crippen LogP contribution in [-0.2, 0) is 0 Å². The second kappa shape index (κ2) is 6.31. The van der Waals surface area contributed by atoms with Gasteiger partial charge in [-0.25, -0.2) is 4.98 Å². The van der Waals surface area contributed by atoms with Crippen LogP contribution in [0.4, 0.5) is 5.95 Å². The van der Waals surface area contributed by atoms with Crippen LogP contribution in [0.25, 0.3) is 5.69 Å². The zero-order chi connectivity index (χ0) is 14.7. The van der Waals surface area contributed by atoms with Gasteiger partial charge in [-0.15, -0.1) is 0 Å². The molecule has 4 nitrogen and oxygen atoms in total. The minimum atomic E-state index is 0.799. The maximum atomic E-state index is 4.75. The summed E-state index contributed by atoms with van der Waals surface area (Å²) < 4.78 is 2.22. The van der Waals surface area contributed by atoms with Gasteiger partial charge in [-0.05, 0) is 51.4 Å². The van der Waals surface area contributed by atoms with E-state index in [0.717, 1.165) is 37.2 Å². The van der Waals surface area contributed by atoms with Gasteiger partial charge < -0.3 is 10.2 Å². The monoisotopic (exact) mass is 284 g/mol. The van der Waals surface area contributed by atoms with E-state index in [9.17, 15) is 0 Å². The quantitative estimate of drug-likeness (QED) is 0.937. The molecule has 21 heavy (non-hydrogen) atoms. The van der Waals surface area contributed by atoms with E-state index in [1.54, 1.807) is 0 Å². The highest BCUT2D eigenvalue weighted by Crippen LogP contribution is 2.25. The van der Waals surface area contributed by atoms with Crippen molar-refractivity contribution in [3.05, 3.63) is 42.2 Å². The van der Waals surface area contributed by atoms with Gasteiger partial charge >= 0.3 is 0 Å². The van der Waals surface area contributed by atoms with E-state index < -0.39 is 0 Å². The molecule has 1 aliphatic heterocycles. The fraction of sp³-hybridized carbons (Fsp3) is 0.471. The van der Waals surface area contributed by atoms with Gasteiger partial charge in [-0.2, -0.15) is 0 Å². The van der Waals surface area contributed by atoms with Gasteiger partial charge in [0.15, 0.2) is 0 Å². The molecule has 0 atom stereocenters. The third-order valence-corrected chi connectivity index (χ3v) is 4.23. The van der Waals surface area contributed by atoms with Gasteiger partial charge in [0, 0.05) is 25.0 Å². The fourth-order valence-corrected chi connectivity index (χ4v) is 3.11. The fourth-order valence-electron chi connectivity index (χ4n) is 3.11. The summed E-state index contributed by atoms with van der Waals surface area (Å²) in [6.45, 7) is 5.38. The Hall–Kier alpha value is -1.81. The summed E-state index contributed by atoms with van der Waals surface area (Å²) in [5.41, 5.74) is 2.26. The minimum Gasteiger partial charge on any atom is -0.342 e. The Morgan fingerprint density at radius 2 is 1.90 bits per heavy atom. The van der Waals surface area contributed by atoms with Crippen molar-refractivity contribution in [3.63, 3.8) is 0 Å². The van der Waals surface area contributed by atoms with Crippen molar-refractivity contribution in [1.82, 2.24) is 14.9 Å². The third-order valence-electron chi connectivity index (χ3n) is 4.23. The Labute approximate surface area is 126 Å². The van der Waals surface area contributed by atoms with Crippen LogP contribution >= 0.6 is 0 Å². The van der Waals surface area contributed by atoms with E-state index in [1.165, 1.54) is 18.5 Å². The van der Waals surface area contributed by atoms with Crippen LogP contribution < -0.4 is 10.2 Å². The molecule has 1 aromatic carbocycles. The lowest BCUT2D eigenvalue weighted by Crippen LogP contribution is -2.38. The Bertz CT molecular complexity index is 568. The average molecular weight is 284 g/mol. The molecule has 3 rings (SSSR count). The summed E-state index contributed by atoms with van der Waals surface area (Å²) in [5, 5.41) is 3.29. The summed E-state index contributed by atoms with van der Waals surface area (Å²) >= 11 is 0. The number of hydrogen-bond acceptors (Lipinski definition) is 3. The predicted octanol–water partition coefficient (Wildman–Crippen LogP) is 2.62. The second-order valence-electron chi connectivity index (χ2n) is 5.88. The summed E-state index contributed by atoms with van der Waals surface area (Å²) in [5.74, 6) is 1.88. The van der Waals surface area contributed by atoms with Crippen molar-refractivity contribution in [1.29, 1.82) is 0 Å². The number of rotatable bonds is 4. The maximum absolute atomic E-state index is 4.75. The largest absolute Gasteiger partial charge is 0.342 e. The van der Waals surface area contributed by atoms with E-state index in [-0.39, 0.29) is 0 Å². The Morgan fingerprint density at radius 1 is 1.19 bits per heavy atom. The van der Waals surface area contributed by atoms with Crippen LogP contribution in [0.3, 0.4) is 0 Å². The van der Waals surface area contributed by atoms with Gasteiger partial charge in [0.05, 0.1) is 5.69 Å². The Kier molecular flexibility index (Phi) is 4.25. The van der Waals surface area contributed by atoms with Crippen molar-refractivity contribution in [2.75, 3.05) is 31.6 Å². The summed E-state index contributed by atoms with van der Waals surface area (Å²) in [4.78, 5) is 7.18. The topological polar surface area (TPSA) is 33.1 Å². The van der Waals surface area contributed by atoms with E-state index >= 15 is 0 Å². The molecule has 0 unspecified atom stereocenters. The molecule has 0 spiro atoms. The lowest BCUT2D eigenvalue weighted by atomic mass is 9.97. The smallest absolute Gasteiger partial charge is 0.210 e. The van der Waals surface area contributed by atoms with Crippen LogP contribution in [-0.4, -0.2) is 36.2 Å². The highest BCUT2D eigenvalue weighted by molar-refractivity contribution is 5.45. The lowest BCUT2D eigenvalue weighted by molar-refractivity contribution is 0.390. The molecule has 1 N–H and O–H groups in total. The number of aromatic nitrogens is 2. The van der Waals surface area contributed by atoms with Gasteiger partial charge in [0.25, 0.3) is 0 Å². The molecule has 2 heterocycles. The van der Waals surface area contributed by atoms with E-state index in [0.29, 0.717) is 0 Å². The standard InChI is InChI=1S/C17H24N4/c1-14-13-21(16-6-4-3-5-7-16)17(19-14)20-10-8-15(9-11-20)12-18-2/h3-7,13,15,18H,8-12H2,1-2H3. The van der Waals surface area contributed by atoms with Crippen LogP contribution in [0.2, 0.25) is 0 Å². The van der Waals surface area contributed by atoms with E-state index in [1.807, 2.05) is 7.05 Å². The van der Waals surface area contributed by atoms with Crippen molar-refractivity contribution < 1.29 is 0 Å². The molecule has 0 aliphatic carbocycles. The number of aryl methyl sites for hydroxylation is 1. The first kappa shape index (κ1) is 14.1. The van der Waals surface area contributed by atoms with Crippen molar-refractivity contribution in [2.24, 2.45) is 5.92 Å².